The normalized spacial score (nSPS) is 13.4. The van der Waals surface area contributed by atoms with E-state index in [4.69, 9.17) is 0 Å². The van der Waals surface area contributed by atoms with E-state index in [2.05, 4.69) is 25.5 Å². The Bertz CT molecular complexity index is 836. The first-order chi connectivity index (χ1) is 14.1. The Kier molecular flexibility index (Phi) is 7.98. The number of nitrogens with zero attached hydrogens (tertiary/aromatic N) is 3. The summed E-state index contributed by atoms with van der Waals surface area (Å²) in [7, 11) is 1.39. The van der Waals surface area contributed by atoms with E-state index in [9.17, 15) is 27.1 Å². The van der Waals surface area contributed by atoms with Crippen LogP contribution in [-0.4, -0.2) is 40.5 Å². The maximum absolute atomic E-state index is 13.0. The van der Waals surface area contributed by atoms with Crippen LogP contribution < -0.4 is 15.4 Å². The van der Waals surface area contributed by atoms with Gasteiger partial charge in [-0.3, -0.25) is 4.68 Å². The van der Waals surface area contributed by atoms with Crippen LogP contribution in [0.25, 0.3) is 0 Å². The van der Waals surface area contributed by atoms with Gasteiger partial charge in [0.15, 0.2) is 11.7 Å². The lowest BCUT2D eigenvalue weighted by Crippen LogP contribution is -2.39. The molecule has 1 aromatic heterocycles. The van der Waals surface area contributed by atoms with Gasteiger partial charge in [-0.05, 0) is 24.6 Å². The Morgan fingerprint density at radius 1 is 1.23 bits per heavy atom. The fraction of sp³-hybridized carbons (Fsp3) is 0.444. The van der Waals surface area contributed by atoms with Crippen molar-refractivity contribution in [1.29, 1.82) is 0 Å². The second kappa shape index (κ2) is 10.2. The molecule has 0 bridgehead atoms. The third kappa shape index (κ3) is 6.87. The molecule has 0 saturated carbocycles. The molecule has 0 fully saturated rings. The molecule has 1 unspecified atom stereocenters. The van der Waals surface area contributed by atoms with Crippen LogP contribution in [0.1, 0.15) is 29.8 Å². The molecule has 7 nitrogen and oxygen atoms in total. The monoisotopic (exact) mass is 435 g/mol. The molecule has 12 heteroatoms. The Hall–Kier alpha value is -2.89. The van der Waals surface area contributed by atoms with Gasteiger partial charge in [-0.1, -0.05) is 12.1 Å². The highest BCUT2D eigenvalue weighted by molar-refractivity contribution is 5.79. The van der Waals surface area contributed by atoms with Gasteiger partial charge < -0.3 is 20.5 Å². The molecule has 1 heterocycles. The van der Waals surface area contributed by atoms with Crippen LogP contribution in [0.5, 0.6) is 5.75 Å². The van der Waals surface area contributed by atoms with Gasteiger partial charge in [0.05, 0.1) is 12.6 Å². The number of hydrogen-bond acceptors (Lipinski definition) is 4. The number of aliphatic imine (C=N–C) groups is 1. The van der Waals surface area contributed by atoms with Crippen LogP contribution in [0.2, 0.25) is 0 Å². The molecule has 166 valence electrons. The Morgan fingerprint density at radius 2 is 1.90 bits per heavy atom. The fourth-order valence-corrected chi connectivity index (χ4v) is 2.58. The van der Waals surface area contributed by atoms with E-state index in [-0.39, 0.29) is 30.4 Å². The Morgan fingerprint density at radius 3 is 2.47 bits per heavy atom. The van der Waals surface area contributed by atoms with Gasteiger partial charge in [-0.15, -0.1) is 0 Å². The summed E-state index contributed by atoms with van der Waals surface area (Å²) in [5.41, 5.74) is -0.653. The number of halogens is 5. The smallest absolute Gasteiger partial charge is 0.435 e. The number of rotatable bonds is 8. The molecule has 0 saturated heterocycles. The molecular weight excluding hydrogens is 413 g/mol. The van der Waals surface area contributed by atoms with Crippen molar-refractivity contribution < 1.29 is 31.8 Å². The van der Waals surface area contributed by atoms with Crippen molar-refractivity contribution in [3.8, 4) is 5.75 Å². The average Bonchev–Trinajstić information content (AvgIpc) is 3.05. The first-order valence-corrected chi connectivity index (χ1v) is 8.94. The van der Waals surface area contributed by atoms with E-state index in [1.807, 2.05) is 0 Å². The first kappa shape index (κ1) is 23.4. The lowest BCUT2D eigenvalue weighted by Gasteiger charge is -2.16. The maximum atomic E-state index is 13.0. The summed E-state index contributed by atoms with van der Waals surface area (Å²) < 4.78 is 68.8. The standard InChI is InChI=1S/C18H22F5N5O2/c1-3-24-17(25-8-12-10-28(2)27-15(12)18(21,22)23)26-9-14(29)11-4-6-13(7-5-11)30-16(19)20/h4-7,10,14,16,29H,3,8-9H2,1-2H3,(H2,24,25,26). The van der Waals surface area contributed by atoms with Crippen molar-refractivity contribution in [2.24, 2.45) is 12.0 Å². The lowest BCUT2D eigenvalue weighted by atomic mass is 10.1. The van der Waals surface area contributed by atoms with Crippen LogP contribution in [0.15, 0.2) is 35.5 Å². The molecule has 3 N–H and O–H groups in total. The van der Waals surface area contributed by atoms with Crippen LogP contribution in [0.4, 0.5) is 22.0 Å². The second-order valence-corrected chi connectivity index (χ2v) is 6.21. The number of guanidine groups is 1. The van der Waals surface area contributed by atoms with Crippen LogP contribution in [0, 0.1) is 0 Å². The van der Waals surface area contributed by atoms with Gasteiger partial charge in [0, 0.05) is 31.9 Å². The quantitative estimate of drug-likeness (QED) is 0.338. The zero-order valence-corrected chi connectivity index (χ0v) is 16.2. The molecule has 0 spiro atoms. The summed E-state index contributed by atoms with van der Waals surface area (Å²) in [6.07, 6.45) is -4.36. The van der Waals surface area contributed by atoms with E-state index < -0.39 is 24.6 Å². The Balaban J connectivity index is 2.02. The molecule has 0 aliphatic heterocycles. The summed E-state index contributed by atoms with van der Waals surface area (Å²) in [5, 5.41) is 19.4. The summed E-state index contributed by atoms with van der Waals surface area (Å²) in [6.45, 7) is -1.01. The summed E-state index contributed by atoms with van der Waals surface area (Å²) in [5.74, 6) is 0.159. The summed E-state index contributed by atoms with van der Waals surface area (Å²) >= 11 is 0. The largest absolute Gasteiger partial charge is 0.435 e. The van der Waals surface area contributed by atoms with Crippen LogP contribution >= 0.6 is 0 Å². The minimum Gasteiger partial charge on any atom is -0.435 e. The zero-order valence-electron chi connectivity index (χ0n) is 16.2. The number of benzene rings is 1. The molecule has 30 heavy (non-hydrogen) atoms. The van der Waals surface area contributed by atoms with Crippen molar-refractivity contribution in [3.63, 3.8) is 0 Å². The highest BCUT2D eigenvalue weighted by Crippen LogP contribution is 2.30. The number of alkyl halides is 5. The van der Waals surface area contributed by atoms with Gasteiger partial charge in [0.25, 0.3) is 0 Å². The molecular formula is C18H22F5N5O2. The van der Waals surface area contributed by atoms with Crippen molar-refractivity contribution in [2.45, 2.75) is 32.4 Å². The predicted molar refractivity (Wildman–Crippen MR) is 99.1 cm³/mol. The highest BCUT2D eigenvalue weighted by atomic mass is 19.4. The minimum absolute atomic E-state index is 0.0138. The highest BCUT2D eigenvalue weighted by Gasteiger charge is 2.36. The van der Waals surface area contributed by atoms with E-state index in [1.54, 1.807) is 6.92 Å². The zero-order chi connectivity index (χ0) is 22.3. The molecule has 2 aromatic rings. The number of aromatic nitrogens is 2. The van der Waals surface area contributed by atoms with Gasteiger partial charge in [0.1, 0.15) is 5.75 Å². The van der Waals surface area contributed by atoms with Crippen LogP contribution in [0.3, 0.4) is 0 Å². The molecule has 2 rings (SSSR count). The van der Waals surface area contributed by atoms with Crippen LogP contribution in [-0.2, 0) is 19.8 Å². The number of aryl methyl sites for hydroxylation is 1. The number of aliphatic hydroxyl groups excluding tert-OH is 1. The van der Waals surface area contributed by atoms with E-state index in [0.717, 1.165) is 4.68 Å². The predicted octanol–water partition coefficient (Wildman–Crippen LogP) is 2.83. The number of nitrogens with one attached hydrogen (secondary N) is 2. The number of aliphatic hydroxyl groups is 1. The Labute approximate surface area is 169 Å². The average molecular weight is 435 g/mol. The van der Waals surface area contributed by atoms with Crippen molar-refractivity contribution >= 4 is 5.96 Å². The minimum atomic E-state index is -4.59. The van der Waals surface area contributed by atoms with Crippen molar-refractivity contribution in [1.82, 2.24) is 20.4 Å². The third-order valence-corrected chi connectivity index (χ3v) is 3.88. The third-order valence-electron chi connectivity index (χ3n) is 3.88. The maximum Gasteiger partial charge on any atom is 0.435 e. The van der Waals surface area contributed by atoms with Gasteiger partial charge in [-0.2, -0.15) is 27.1 Å². The molecule has 1 aromatic carbocycles. The van der Waals surface area contributed by atoms with E-state index in [1.165, 1.54) is 37.5 Å². The summed E-state index contributed by atoms with van der Waals surface area (Å²) in [4.78, 5) is 4.11. The summed E-state index contributed by atoms with van der Waals surface area (Å²) in [6, 6.07) is 5.45. The molecule has 0 aliphatic carbocycles. The first-order valence-electron chi connectivity index (χ1n) is 8.94. The fourth-order valence-electron chi connectivity index (χ4n) is 2.58. The number of ether oxygens (including phenoxy) is 1. The van der Waals surface area contributed by atoms with Gasteiger partial charge >= 0.3 is 12.8 Å². The van der Waals surface area contributed by atoms with Gasteiger partial charge in [-0.25, -0.2) is 4.99 Å². The number of hydrogen-bond donors (Lipinski definition) is 3. The second-order valence-electron chi connectivity index (χ2n) is 6.21. The molecule has 0 radical (unpaired) electrons. The SMILES string of the molecule is CCNC(=NCc1cn(C)nc1C(F)(F)F)NCC(O)c1ccc(OC(F)F)cc1. The lowest BCUT2D eigenvalue weighted by molar-refractivity contribution is -0.142. The van der Waals surface area contributed by atoms with E-state index in [0.29, 0.717) is 12.1 Å². The van der Waals surface area contributed by atoms with Crippen molar-refractivity contribution in [3.05, 3.63) is 47.3 Å². The van der Waals surface area contributed by atoms with Gasteiger partial charge in [0.2, 0.25) is 0 Å². The van der Waals surface area contributed by atoms with E-state index >= 15 is 0 Å². The van der Waals surface area contributed by atoms with Crippen molar-refractivity contribution in [2.75, 3.05) is 13.1 Å². The molecule has 0 amide bonds. The molecule has 1 atom stereocenters. The molecule has 0 aliphatic rings. The topological polar surface area (TPSA) is 83.7 Å².